The number of carbonyl (C=O) groups is 1. The normalized spacial score (nSPS) is 10.8. The third-order valence-corrected chi connectivity index (χ3v) is 5.35. The van der Waals surface area contributed by atoms with Crippen LogP contribution in [0, 0.1) is 0 Å². The second-order valence-corrected chi connectivity index (χ2v) is 7.22. The summed E-state index contributed by atoms with van der Waals surface area (Å²) in [5.74, 6) is 0.523. The Bertz CT molecular complexity index is 1210. The van der Waals surface area contributed by atoms with Crippen molar-refractivity contribution in [3.8, 4) is 16.9 Å². The van der Waals surface area contributed by atoms with Crippen LogP contribution in [0.4, 0.5) is 0 Å². The van der Waals surface area contributed by atoms with Crippen LogP contribution >= 0.6 is 11.3 Å². The van der Waals surface area contributed by atoms with E-state index in [4.69, 9.17) is 9.47 Å². The molecule has 0 atom stereocenters. The molecule has 6 nitrogen and oxygen atoms in total. The second-order valence-electron chi connectivity index (χ2n) is 6.36. The van der Waals surface area contributed by atoms with Gasteiger partial charge in [0.05, 0.1) is 18.9 Å². The van der Waals surface area contributed by atoms with Crippen molar-refractivity contribution < 1.29 is 14.3 Å². The van der Waals surface area contributed by atoms with Crippen LogP contribution in [-0.4, -0.2) is 23.0 Å². The Morgan fingerprint density at radius 1 is 1.10 bits per heavy atom. The Hall–Kier alpha value is -3.45. The highest BCUT2D eigenvalue weighted by atomic mass is 32.1. The number of aromatic nitrogens is 2. The molecule has 2 aromatic carbocycles. The van der Waals surface area contributed by atoms with Gasteiger partial charge in [-0.3, -0.25) is 9.59 Å². The maximum Gasteiger partial charge on any atom is 0.310 e. The molecule has 0 saturated carbocycles. The molecule has 2 aromatic heterocycles. The fraction of sp³-hybridized carbons (Fsp3) is 0.136. The van der Waals surface area contributed by atoms with Gasteiger partial charge in [0.1, 0.15) is 23.0 Å². The van der Waals surface area contributed by atoms with Crippen LogP contribution in [0.1, 0.15) is 11.4 Å². The summed E-state index contributed by atoms with van der Waals surface area (Å²) < 4.78 is 10.5. The summed E-state index contributed by atoms with van der Waals surface area (Å²) in [7, 11) is 1.55. The molecule has 0 bridgehead atoms. The van der Waals surface area contributed by atoms with Crippen molar-refractivity contribution in [2.45, 2.75) is 13.0 Å². The first kappa shape index (κ1) is 18.9. The Balaban J connectivity index is 1.51. The van der Waals surface area contributed by atoms with Gasteiger partial charge in [-0.2, -0.15) is 0 Å². The molecule has 0 aliphatic heterocycles. The van der Waals surface area contributed by atoms with Crippen LogP contribution in [0.2, 0.25) is 0 Å². The van der Waals surface area contributed by atoms with Crippen molar-refractivity contribution in [3.05, 3.63) is 81.7 Å². The lowest BCUT2D eigenvalue weighted by Crippen LogP contribution is -2.15. The lowest BCUT2D eigenvalue weighted by molar-refractivity contribution is -0.144. The maximum atomic E-state index is 12.6. The lowest BCUT2D eigenvalue weighted by atomic mass is 10.1. The molecule has 0 unspecified atom stereocenters. The van der Waals surface area contributed by atoms with Crippen molar-refractivity contribution in [2.24, 2.45) is 0 Å². The number of fused-ring (bicyclic) bond motifs is 1. The molecule has 2 heterocycles. The van der Waals surface area contributed by atoms with Gasteiger partial charge in [0, 0.05) is 16.5 Å². The zero-order valence-electron chi connectivity index (χ0n) is 15.7. The third kappa shape index (κ3) is 4.05. The van der Waals surface area contributed by atoms with E-state index in [1.165, 1.54) is 11.3 Å². The molecule has 4 aromatic rings. The first-order valence-corrected chi connectivity index (χ1v) is 9.87. The fourth-order valence-corrected chi connectivity index (χ4v) is 4.06. The number of methoxy groups -OCH3 is 1. The first-order valence-electron chi connectivity index (χ1n) is 8.99. The van der Waals surface area contributed by atoms with E-state index >= 15 is 0 Å². The average molecular weight is 406 g/mol. The maximum absolute atomic E-state index is 12.6. The highest BCUT2D eigenvalue weighted by molar-refractivity contribution is 7.17. The highest BCUT2D eigenvalue weighted by Crippen LogP contribution is 2.30. The van der Waals surface area contributed by atoms with E-state index < -0.39 is 5.97 Å². The van der Waals surface area contributed by atoms with Gasteiger partial charge in [-0.05, 0) is 11.6 Å². The first-order chi connectivity index (χ1) is 14.2. The highest BCUT2D eigenvalue weighted by Gasteiger charge is 2.14. The molecule has 0 aliphatic rings. The zero-order valence-corrected chi connectivity index (χ0v) is 16.5. The SMILES string of the molecule is COc1ccccc1CC(=O)OCc1nc2scc(-c3ccccc3)c2c(=O)[nH]1. The largest absolute Gasteiger partial charge is 0.496 e. The lowest BCUT2D eigenvalue weighted by Gasteiger charge is -2.08. The van der Waals surface area contributed by atoms with E-state index in [1.54, 1.807) is 13.2 Å². The number of benzene rings is 2. The predicted octanol–water partition coefficient (Wildman–Crippen LogP) is 3.95. The summed E-state index contributed by atoms with van der Waals surface area (Å²) in [5, 5.41) is 2.46. The number of carbonyl (C=O) groups excluding carboxylic acids is 1. The van der Waals surface area contributed by atoms with E-state index in [9.17, 15) is 9.59 Å². The van der Waals surface area contributed by atoms with Crippen molar-refractivity contribution in [1.82, 2.24) is 9.97 Å². The smallest absolute Gasteiger partial charge is 0.310 e. The van der Waals surface area contributed by atoms with Gasteiger partial charge < -0.3 is 14.5 Å². The molecule has 0 saturated heterocycles. The van der Waals surface area contributed by atoms with Gasteiger partial charge in [0.25, 0.3) is 5.56 Å². The van der Waals surface area contributed by atoms with Gasteiger partial charge in [-0.1, -0.05) is 48.5 Å². The van der Waals surface area contributed by atoms with Crippen LogP contribution in [0.5, 0.6) is 5.75 Å². The average Bonchev–Trinajstić information content (AvgIpc) is 3.18. The Labute approximate surface area is 170 Å². The minimum absolute atomic E-state index is 0.0770. The number of nitrogens with zero attached hydrogens (tertiary/aromatic N) is 1. The van der Waals surface area contributed by atoms with Gasteiger partial charge in [0.15, 0.2) is 0 Å². The zero-order chi connectivity index (χ0) is 20.2. The molecule has 29 heavy (non-hydrogen) atoms. The number of hydrogen-bond donors (Lipinski definition) is 1. The van der Waals surface area contributed by atoms with Crippen LogP contribution in [0.3, 0.4) is 0 Å². The minimum atomic E-state index is -0.423. The molecular formula is C22H18N2O4S. The molecular weight excluding hydrogens is 388 g/mol. The van der Waals surface area contributed by atoms with E-state index in [-0.39, 0.29) is 18.6 Å². The number of nitrogens with one attached hydrogen (secondary N) is 1. The minimum Gasteiger partial charge on any atom is -0.496 e. The standard InChI is InChI=1S/C22H18N2O4S/c1-27-17-10-6-5-9-15(17)11-19(25)28-12-18-23-21(26)20-16(13-29-22(20)24-18)14-7-3-2-4-8-14/h2-10,13H,11-12H2,1H3,(H,23,24,26). The molecule has 1 N–H and O–H groups in total. The summed E-state index contributed by atoms with van der Waals surface area (Å²) in [6.45, 7) is -0.0995. The molecule has 146 valence electrons. The Kier molecular flexibility index (Phi) is 5.39. The van der Waals surface area contributed by atoms with Gasteiger partial charge >= 0.3 is 5.97 Å². The van der Waals surface area contributed by atoms with Crippen LogP contribution < -0.4 is 10.3 Å². The third-order valence-electron chi connectivity index (χ3n) is 4.47. The molecule has 7 heteroatoms. The second kappa shape index (κ2) is 8.28. The van der Waals surface area contributed by atoms with Gasteiger partial charge in [0.2, 0.25) is 0 Å². The number of hydrogen-bond acceptors (Lipinski definition) is 6. The Morgan fingerprint density at radius 2 is 1.86 bits per heavy atom. The molecule has 0 spiro atoms. The Morgan fingerprint density at radius 3 is 2.66 bits per heavy atom. The number of ether oxygens (including phenoxy) is 2. The van der Waals surface area contributed by atoms with Crippen LogP contribution in [0.15, 0.2) is 64.8 Å². The van der Waals surface area contributed by atoms with E-state index in [1.807, 2.05) is 53.9 Å². The summed E-state index contributed by atoms with van der Waals surface area (Å²) in [6.07, 6.45) is 0.0770. The summed E-state index contributed by atoms with van der Waals surface area (Å²) in [4.78, 5) is 32.6. The van der Waals surface area contributed by atoms with Gasteiger partial charge in [-0.15, -0.1) is 11.3 Å². The van der Waals surface area contributed by atoms with Crippen LogP contribution in [0.25, 0.3) is 21.3 Å². The fourth-order valence-electron chi connectivity index (χ4n) is 3.10. The molecule has 0 fully saturated rings. The topological polar surface area (TPSA) is 81.3 Å². The van der Waals surface area contributed by atoms with E-state index in [0.29, 0.717) is 21.8 Å². The van der Waals surface area contributed by atoms with Crippen molar-refractivity contribution >= 4 is 27.5 Å². The number of aromatic amines is 1. The summed E-state index contributed by atoms with van der Waals surface area (Å²) in [5.41, 5.74) is 2.30. The number of rotatable bonds is 6. The van der Waals surface area contributed by atoms with E-state index in [2.05, 4.69) is 9.97 Å². The van der Waals surface area contributed by atoms with E-state index in [0.717, 1.165) is 16.7 Å². The molecule has 0 amide bonds. The molecule has 0 aliphatic carbocycles. The van der Waals surface area contributed by atoms with Gasteiger partial charge in [-0.25, -0.2) is 4.98 Å². The quantitative estimate of drug-likeness (QED) is 0.491. The summed E-state index contributed by atoms with van der Waals surface area (Å²) >= 11 is 1.39. The number of thiophene rings is 1. The monoisotopic (exact) mass is 406 g/mol. The number of para-hydroxylation sites is 1. The van der Waals surface area contributed by atoms with Crippen molar-refractivity contribution in [1.29, 1.82) is 0 Å². The van der Waals surface area contributed by atoms with Crippen molar-refractivity contribution in [3.63, 3.8) is 0 Å². The molecule has 4 rings (SSSR count). The van der Waals surface area contributed by atoms with Crippen molar-refractivity contribution in [2.75, 3.05) is 7.11 Å². The predicted molar refractivity (Wildman–Crippen MR) is 112 cm³/mol. The van der Waals surface area contributed by atoms with Crippen LogP contribution in [-0.2, 0) is 22.6 Å². The number of esters is 1. The molecule has 0 radical (unpaired) electrons. The number of H-pyrrole nitrogens is 1. The summed E-state index contributed by atoms with van der Waals surface area (Å²) in [6, 6.07) is 17.0.